The maximum atomic E-state index is 12.7. The summed E-state index contributed by atoms with van der Waals surface area (Å²) in [6.07, 6.45) is 9.34. The van der Waals surface area contributed by atoms with Gasteiger partial charge in [-0.15, -0.1) is 12.3 Å². The lowest BCUT2D eigenvalue weighted by Gasteiger charge is -2.29. The lowest BCUT2D eigenvalue weighted by Crippen LogP contribution is -2.34. The summed E-state index contributed by atoms with van der Waals surface area (Å²) in [5.41, 5.74) is 1.10. The molecule has 1 unspecified atom stereocenters. The van der Waals surface area contributed by atoms with E-state index in [2.05, 4.69) is 35.7 Å². The van der Waals surface area contributed by atoms with E-state index in [0.29, 0.717) is 5.33 Å². The highest BCUT2D eigenvalue weighted by Crippen LogP contribution is 2.33. The highest BCUT2D eigenvalue weighted by atomic mass is 79.9. The monoisotopic (exact) mass is 420 g/mol. The van der Waals surface area contributed by atoms with E-state index in [1.165, 1.54) is 7.11 Å². The molecule has 0 saturated carbocycles. The Morgan fingerprint density at radius 1 is 1.19 bits per heavy atom. The Morgan fingerprint density at radius 3 is 2.42 bits per heavy atom. The van der Waals surface area contributed by atoms with Crippen LogP contribution in [0, 0.1) is 17.8 Å². The summed E-state index contributed by atoms with van der Waals surface area (Å²) in [4.78, 5) is 24.3. The minimum atomic E-state index is -0.587. The highest BCUT2D eigenvalue weighted by Gasteiger charge is 2.34. The fraction of sp³-hybridized carbons (Fsp3) is 0.545. The average molecular weight is 421 g/mol. The molecule has 0 aromatic heterocycles. The summed E-state index contributed by atoms with van der Waals surface area (Å²) in [6, 6.07) is 7.69. The first-order valence-electron chi connectivity index (χ1n) is 8.92. The van der Waals surface area contributed by atoms with Crippen molar-refractivity contribution in [2.24, 2.45) is 5.41 Å². The number of ketones is 1. The second-order valence-electron chi connectivity index (χ2n) is 7.58. The van der Waals surface area contributed by atoms with Crippen LogP contribution in [0.4, 0.5) is 0 Å². The molecule has 0 saturated heterocycles. The molecule has 0 aliphatic carbocycles. The molecule has 1 aromatic rings. The Labute approximate surface area is 166 Å². The second kappa shape index (κ2) is 9.92. The van der Waals surface area contributed by atoms with Gasteiger partial charge in [0.05, 0.1) is 24.3 Å². The molecule has 0 bridgehead atoms. The van der Waals surface area contributed by atoms with Crippen LogP contribution in [0.5, 0.6) is 0 Å². The van der Waals surface area contributed by atoms with E-state index in [4.69, 9.17) is 11.2 Å². The summed E-state index contributed by atoms with van der Waals surface area (Å²) < 4.78 is 4.74. The minimum Gasteiger partial charge on any atom is -0.469 e. The molecule has 3 nitrogen and oxygen atoms in total. The molecule has 0 aliphatic heterocycles. The Morgan fingerprint density at radius 2 is 1.85 bits per heavy atom. The summed E-state index contributed by atoms with van der Waals surface area (Å²) in [5.74, 6) is 2.68. The fourth-order valence-corrected chi connectivity index (χ4v) is 3.59. The van der Waals surface area contributed by atoms with Gasteiger partial charge in [0.15, 0.2) is 5.78 Å². The van der Waals surface area contributed by atoms with Gasteiger partial charge in [-0.1, -0.05) is 53.0 Å². The molecule has 0 aliphatic rings. The van der Waals surface area contributed by atoms with Crippen molar-refractivity contribution in [3.05, 3.63) is 35.4 Å². The largest absolute Gasteiger partial charge is 0.469 e. The van der Waals surface area contributed by atoms with Gasteiger partial charge in [0.25, 0.3) is 0 Å². The Kier molecular flexibility index (Phi) is 8.56. The van der Waals surface area contributed by atoms with Crippen LogP contribution < -0.4 is 0 Å². The number of methoxy groups -OCH3 is 1. The zero-order valence-electron chi connectivity index (χ0n) is 16.2. The van der Waals surface area contributed by atoms with E-state index in [-0.39, 0.29) is 23.6 Å². The van der Waals surface area contributed by atoms with Gasteiger partial charge >= 0.3 is 5.97 Å². The van der Waals surface area contributed by atoms with Gasteiger partial charge in [-0.05, 0) is 44.7 Å². The molecule has 0 N–H and O–H groups in total. The number of unbranched alkanes of at least 4 members (excludes halogenated alkanes) is 1. The lowest BCUT2D eigenvalue weighted by atomic mass is 9.74. The van der Waals surface area contributed by atoms with Gasteiger partial charge in [-0.2, -0.15) is 0 Å². The SMILES string of the molecule is C#CC(C)(C)CCCCC(C)(C(=O)CBr)c1cccc(CC(=O)OC)c1. The standard InChI is InChI=1S/C22H29BrO3/c1-6-21(2,3)12-7-8-13-22(4,19(24)16-23)18-11-9-10-17(14-18)15-20(25)26-5/h1,9-11,14H,7-8,12-13,15-16H2,2-5H3. The third-order valence-corrected chi connectivity index (χ3v) is 5.51. The maximum absolute atomic E-state index is 12.7. The van der Waals surface area contributed by atoms with Crippen molar-refractivity contribution in [1.82, 2.24) is 0 Å². The van der Waals surface area contributed by atoms with Crippen LogP contribution in [0.1, 0.15) is 57.6 Å². The van der Waals surface area contributed by atoms with Crippen molar-refractivity contribution in [1.29, 1.82) is 0 Å². The molecular weight excluding hydrogens is 392 g/mol. The predicted molar refractivity (Wildman–Crippen MR) is 109 cm³/mol. The number of terminal acetylenes is 1. The van der Waals surface area contributed by atoms with Crippen molar-refractivity contribution < 1.29 is 14.3 Å². The first-order chi connectivity index (χ1) is 12.2. The smallest absolute Gasteiger partial charge is 0.309 e. The number of Topliss-reactive ketones (excluding diaryl/α,β-unsaturated/α-hetero) is 1. The molecule has 142 valence electrons. The molecule has 1 rings (SSSR count). The third-order valence-electron chi connectivity index (χ3n) is 5.00. The van der Waals surface area contributed by atoms with Crippen LogP contribution in [-0.4, -0.2) is 24.2 Å². The van der Waals surface area contributed by atoms with Gasteiger partial charge in [0.2, 0.25) is 0 Å². The number of hydrogen-bond donors (Lipinski definition) is 0. The molecule has 1 aromatic carbocycles. The van der Waals surface area contributed by atoms with Gasteiger partial charge in [0.1, 0.15) is 0 Å². The van der Waals surface area contributed by atoms with Crippen LogP contribution in [0.25, 0.3) is 0 Å². The van der Waals surface area contributed by atoms with Crippen molar-refractivity contribution in [2.45, 2.75) is 58.3 Å². The van der Waals surface area contributed by atoms with Gasteiger partial charge < -0.3 is 4.74 Å². The molecule has 0 fully saturated rings. The molecule has 26 heavy (non-hydrogen) atoms. The first kappa shape index (κ1) is 22.4. The zero-order chi connectivity index (χ0) is 19.8. The maximum Gasteiger partial charge on any atom is 0.309 e. The highest BCUT2D eigenvalue weighted by molar-refractivity contribution is 9.09. The molecule has 4 heteroatoms. The van der Waals surface area contributed by atoms with E-state index in [1.54, 1.807) is 0 Å². The summed E-state index contributed by atoms with van der Waals surface area (Å²) in [5, 5.41) is 0.306. The van der Waals surface area contributed by atoms with Crippen molar-refractivity contribution in [3.8, 4) is 12.3 Å². The normalized spacial score (nSPS) is 13.5. The van der Waals surface area contributed by atoms with Crippen molar-refractivity contribution in [2.75, 3.05) is 12.4 Å². The van der Waals surface area contributed by atoms with Crippen LogP contribution >= 0.6 is 15.9 Å². The first-order valence-corrected chi connectivity index (χ1v) is 10.0. The third kappa shape index (κ3) is 6.29. The number of carbonyl (C=O) groups excluding carboxylic acids is 2. The number of alkyl halides is 1. The van der Waals surface area contributed by atoms with Gasteiger partial charge in [-0.25, -0.2) is 0 Å². The summed E-state index contributed by atoms with van der Waals surface area (Å²) in [6.45, 7) is 6.11. The predicted octanol–water partition coefficient (Wildman–Crippen LogP) is 4.84. The number of ether oxygens (including phenoxy) is 1. The Balaban J connectivity index is 2.95. The van der Waals surface area contributed by atoms with E-state index >= 15 is 0 Å². The Bertz CT molecular complexity index is 672. The number of hydrogen-bond acceptors (Lipinski definition) is 3. The van der Waals surface area contributed by atoms with Crippen LogP contribution in [0.2, 0.25) is 0 Å². The number of rotatable bonds is 10. The minimum absolute atomic E-state index is 0.115. The van der Waals surface area contributed by atoms with E-state index < -0.39 is 5.41 Å². The molecule has 1 atom stereocenters. The lowest BCUT2D eigenvalue weighted by molar-refractivity contribution is -0.139. The Hall–Kier alpha value is -1.60. The number of carbonyl (C=O) groups is 2. The molecule has 0 amide bonds. The molecule has 0 radical (unpaired) electrons. The van der Waals surface area contributed by atoms with Crippen LogP contribution in [-0.2, 0) is 26.2 Å². The van der Waals surface area contributed by atoms with E-state index in [1.807, 2.05) is 31.2 Å². The average Bonchev–Trinajstić information content (AvgIpc) is 2.64. The van der Waals surface area contributed by atoms with Crippen molar-refractivity contribution >= 4 is 27.7 Å². The van der Waals surface area contributed by atoms with Crippen LogP contribution in [0.15, 0.2) is 24.3 Å². The number of halogens is 1. The topological polar surface area (TPSA) is 43.4 Å². The molecule has 0 heterocycles. The van der Waals surface area contributed by atoms with Gasteiger partial charge in [0, 0.05) is 5.41 Å². The van der Waals surface area contributed by atoms with E-state index in [9.17, 15) is 9.59 Å². The second-order valence-corrected chi connectivity index (χ2v) is 8.14. The van der Waals surface area contributed by atoms with Gasteiger partial charge in [-0.3, -0.25) is 9.59 Å². The number of esters is 1. The zero-order valence-corrected chi connectivity index (χ0v) is 17.8. The number of benzene rings is 1. The quantitative estimate of drug-likeness (QED) is 0.235. The summed E-state index contributed by atoms with van der Waals surface area (Å²) in [7, 11) is 1.38. The molecule has 0 spiro atoms. The van der Waals surface area contributed by atoms with Crippen LogP contribution in [0.3, 0.4) is 0 Å². The van der Waals surface area contributed by atoms with Crippen molar-refractivity contribution in [3.63, 3.8) is 0 Å². The summed E-state index contributed by atoms with van der Waals surface area (Å²) >= 11 is 3.32. The fourth-order valence-electron chi connectivity index (χ4n) is 2.97. The van der Waals surface area contributed by atoms with E-state index in [0.717, 1.165) is 36.8 Å². The molecular formula is C22H29BrO3.